The maximum atomic E-state index is 11.6. The molecule has 0 aromatic carbocycles. The van der Waals surface area contributed by atoms with Crippen LogP contribution in [0.5, 0.6) is 0 Å². The van der Waals surface area contributed by atoms with Crippen molar-refractivity contribution in [3.63, 3.8) is 0 Å². The van der Waals surface area contributed by atoms with Crippen molar-refractivity contribution in [1.29, 1.82) is 0 Å². The summed E-state index contributed by atoms with van der Waals surface area (Å²) >= 11 is 0. The molecule has 1 fully saturated rings. The summed E-state index contributed by atoms with van der Waals surface area (Å²) in [5.74, 6) is 0.339. The average Bonchev–Trinajstić information content (AvgIpc) is 2.19. The molecule has 1 unspecified atom stereocenters. The monoisotopic (exact) mass is 204 g/mol. The summed E-state index contributed by atoms with van der Waals surface area (Å²) < 4.78 is 16.8. The van der Waals surface area contributed by atoms with E-state index < -0.39 is 10.8 Å². The smallest absolute Gasteiger partial charge is 0.145 e. The molecular weight excluding hydrogens is 188 g/mol. The van der Waals surface area contributed by atoms with Gasteiger partial charge in [-0.3, -0.25) is 9.00 Å². The normalized spacial score (nSPS) is 21.3. The lowest BCUT2D eigenvalue weighted by atomic mass is 10.2. The molecular formula is C9H16O3S. The second kappa shape index (κ2) is 5.50. The van der Waals surface area contributed by atoms with Crippen LogP contribution in [0.3, 0.4) is 0 Å². The predicted molar refractivity (Wildman–Crippen MR) is 52.1 cm³/mol. The number of hydrogen-bond donors (Lipinski definition) is 0. The highest BCUT2D eigenvalue weighted by Crippen LogP contribution is 2.13. The van der Waals surface area contributed by atoms with Crippen LogP contribution >= 0.6 is 0 Å². The molecule has 1 rings (SSSR count). The van der Waals surface area contributed by atoms with Crippen molar-refractivity contribution in [2.75, 3.05) is 19.0 Å². The van der Waals surface area contributed by atoms with Gasteiger partial charge < -0.3 is 4.74 Å². The maximum absolute atomic E-state index is 11.6. The SMILES string of the molecule is CCC(=O)CS(=O)C1CCOCC1. The van der Waals surface area contributed by atoms with E-state index in [4.69, 9.17) is 4.74 Å². The Bertz CT molecular complexity index is 197. The molecule has 0 bridgehead atoms. The summed E-state index contributed by atoms with van der Waals surface area (Å²) in [4.78, 5) is 11.0. The van der Waals surface area contributed by atoms with Crippen LogP contribution in [0.1, 0.15) is 26.2 Å². The fraction of sp³-hybridized carbons (Fsp3) is 0.889. The van der Waals surface area contributed by atoms with Gasteiger partial charge in [0, 0.05) is 35.7 Å². The fourth-order valence-corrected chi connectivity index (χ4v) is 2.79. The van der Waals surface area contributed by atoms with Gasteiger partial charge in [-0.25, -0.2) is 0 Å². The quantitative estimate of drug-likeness (QED) is 0.683. The Labute approximate surface area is 81.3 Å². The second-order valence-corrected chi connectivity index (χ2v) is 4.95. The number of carbonyl (C=O) groups is 1. The molecule has 0 aromatic heterocycles. The molecule has 76 valence electrons. The second-order valence-electron chi connectivity index (χ2n) is 3.23. The maximum Gasteiger partial charge on any atom is 0.145 e. The van der Waals surface area contributed by atoms with E-state index in [1.54, 1.807) is 0 Å². The fourth-order valence-electron chi connectivity index (χ4n) is 1.32. The highest BCUT2D eigenvalue weighted by molar-refractivity contribution is 7.86. The summed E-state index contributed by atoms with van der Waals surface area (Å²) in [6.07, 6.45) is 2.17. The van der Waals surface area contributed by atoms with Gasteiger partial charge in [-0.2, -0.15) is 0 Å². The number of rotatable bonds is 4. The topological polar surface area (TPSA) is 43.4 Å². The Balaban J connectivity index is 2.33. The first-order valence-electron chi connectivity index (χ1n) is 4.70. The van der Waals surface area contributed by atoms with E-state index in [1.165, 1.54) is 0 Å². The molecule has 1 aliphatic rings. The largest absolute Gasteiger partial charge is 0.381 e. The molecule has 0 aliphatic carbocycles. The van der Waals surface area contributed by atoms with Gasteiger partial charge >= 0.3 is 0 Å². The van der Waals surface area contributed by atoms with E-state index in [0.717, 1.165) is 12.8 Å². The van der Waals surface area contributed by atoms with Crippen LogP contribution in [0.2, 0.25) is 0 Å². The zero-order valence-electron chi connectivity index (χ0n) is 7.95. The van der Waals surface area contributed by atoms with Crippen molar-refractivity contribution in [1.82, 2.24) is 0 Å². The minimum Gasteiger partial charge on any atom is -0.381 e. The lowest BCUT2D eigenvalue weighted by molar-refractivity contribution is -0.116. The standard InChI is InChI=1S/C9H16O3S/c1-2-8(10)7-13(11)9-3-5-12-6-4-9/h9H,2-7H2,1H3. The summed E-state index contributed by atoms with van der Waals surface area (Å²) in [5.41, 5.74) is 0. The molecule has 3 nitrogen and oxygen atoms in total. The third-order valence-corrected chi connectivity index (χ3v) is 4.06. The van der Waals surface area contributed by atoms with Crippen molar-refractivity contribution >= 4 is 16.6 Å². The van der Waals surface area contributed by atoms with Gasteiger partial charge in [-0.1, -0.05) is 6.92 Å². The molecule has 1 aliphatic heterocycles. The predicted octanol–water partition coefficient (Wildman–Crippen LogP) is 0.893. The van der Waals surface area contributed by atoms with E-state index in [0.29, 0.717) is 19.6 Å². The van der Waals surface area contributed by atoms with Crippen molar-refractivity contribution < 1.29 is 13.7 Å². The van der Waals surface area contributed by atoms with Gasteiger partial charge in [0.1, 0.15) is 5.78 Å². The molecule has 0 spiro atoms. The van der Waals surface area contributed by atoms with Crippen LogP contribution in [0, 0.1) is 0 Å². The Morgan fingerprint density at radius 3 is 2.62 bits per heavy atom. The third-order valence-electron chi connectivity index (χ3n) is 2.24. The van der Waals surface area contributed by atoms with Crippen molar-refractivity contribution in [3.05, 3.63) is 0 Å². The minimum atomic E-state index is -0.966. The lowest BCUT2D eigenvalue weighted by Gasteiger charge is -2.20. The summed E-state index contributed by atoms with van der Waals surface area (Å²) in [7, 11) is -0.966. The highest BCUT2D eigenvalue weighted by atomic mass is 32.2. The van der Waals surface area contributed by atoms with E-state index >= 15 is 0 Å². The molecule has 4 heteroatoms. The van der Waals surface area contributed by atoms with Gasteiger partial charge in [-0.05, 0) is 12.8 Å². The van der Waals surface area contributed by atoms with Gasteiger partial charge in [-0.15, -0.1) is 0 Å². The molecule has 1 heterocycles. The Kier molecular flexibility index (Phi) is 4.59. The third kappa shape index (κ3) is 3.56. The van der Waals surface area contributed by atoms with Gasteiger partial charge in [0.2, 0.25) is 0 Å². The molecule has 0 saturated carbocycles. The molecule has 0 amide bonds. The molecule has 0 radical (unpaired) electrons. The van der Waals surface area contributed by atoms with Crippen LogP contribution in [-0.2, 0) is 20.3 Å². The zero-order chi connectivity index (χ0) is 9.68. The van der Waals surface area contributed by atoms with Crippen molar-refractivity contribution in [2.24, 2.45) is 0 Å². The first kappa shape index (κ1) is 10.9. The molecule has 0 N–H and O–H groups in total. The summed E-state index contributed by atoms with van der Waals surface area (Å²) in [5, 5.41) is 0.184. The number of ether oxygens (including phenoxy) is 1. The van der Waals surface area contributed by atoms with Crippen LogP contribution < -0.4 is 0 Å². The molecule has 0 aromatic rings. The van der Waals surface area contributed by atoms with Gasteiger partial charge in [0.25, 0.3) is 0 Å². The van der Waals surface area contributed by atoms with E-state index in [2.05, 4.69) is 0 Å². The van der Waals surface area contributed by atoms with E-state index in [1.807, 2.05) is 6.92 Å². The van der Waals surface area contributed by atoms with E-state index in [-0.39, 0.29) is 16.8 Å². The van der Waals surface area contributed by atoms with Crippen LogP contribution in [0.25, 0.3) is 0 Å². The molecule has 13 heavy (non-hydrogen) atoms. The van der Waals surface area contributed by atoms with E-state index in [9.17, 15) is 9.00 Å². The number of hydrogen-bond acceptors (Lipinski definition) is 3. The van der Waals surface area contributed by atoms with Gasteiger partial charge in [0.05, 0.1) is 5.75 Å². The number of ketones is 1. The zero-order valence-corrected chi connectivity index (χ0v) is 8.77. The Morgan fingerprint density at radius 2 is 2.08 bits per heavy atom. The number of Topliss-reactive ketones (excluding diaryl/α,β-unsaturated/α-hetero) is 1. The average molecular weight is 204 g/mol. The Hall–Kier alpha value is -0.220. The van der Waals surface area contributed by atoms with Crippen molar-refractivity contribution in [3.8, 4) is 0 Å². The molecule has 1 atom stereocenters. The van der Waals surface area contributed by atoms with Crippen LogP contribution in [0.15, 0.2) is 0 Å². The lowest BCUT2D eigenvalue weighted by Crippen LogP contribution is -2.28. The summed E-state index contributed by atoms with van der Waals surface area (Å²) in [6, 6.07) is 0. The van der Waals surface area contributed by atoms with Crippen LogP contribution in [-0.4, -0.2) is 34.2 Å². The summed E-state index contributed by atoms with van der Waals surface area (Å²) in [6.45, 7) is 3.19. The molecule has 1 saturated heterocycles. The number of carbonyl (C=O) groups excluding carboxylic acids is 1. The Morgan fingerprint density at radius 1 is 1.46 bits per heavy atom. The van der Waals surface area contributed by atoms with Gasteiger partial charge in [0.15, 0.2) is 0 Å². The minimum absolute atomic E-state index is 0.102. The first-order valence-corrected chi connectivity index (χ1v) is 6.09. The van der Waals surface area contributed by atoms with Crippen molar-refractivity contribution in [2.45, 2.75) is 31.4 Å². The highest BCUT2D eigenvalue weighted by Gasteiger charge is 2.21. The first-order chi connectivity index (χ1) is 6.24. The van der Waals surface area contributed by atoms with Crippen LogP contribution in [0.4, 0.5) is 0 Å².